The summed E-state index contributed by atoms with van der Waals surface area (Å²) < 4.78 is 4.64. The van der Waals surface area contributed by atoms with Crippen LogP contribution in [0.4, 0.5) is 0 Å². The number of para-hydroxylation sites is 5. The zero-order valence-corrected chi connectivity index (χ0v) is 28.2. The van der Waals surface area contributed by atoms with Gasteiger partial charge in [-0.15, -0.1) is 0 Å². The van der Waals surface area contributed by atoms with Crippen LogP contribution in [-0.2, 0) is 0 Å². The molecule has 10 aromatic rings. The van der Waals surface area contributed by atoms with Crippen molar-refractivity contribution >= 4 is 55.2 Å². The van der Waals surface area contributed by atoms with Crippen LogP contribution in [0, 0.1) is 0 Å². The maximum Gasteiger partial charge on any atom is 0.162 e. The van der Waals surface area contributed by atoms with E-state index >= 15 is 0 Å². The van der Waals surface area contributed by atoms with Gasteiger partial charge in [-0.1, -0.05) is 151 Å². The Morgan fingerprint density at radius 1 is 0.392 bits per heavy atom. The maximum absolute atomic E-state index is 7.17. The molecule has 0 bridgehead atoms. The summed E-state index contributed by atoms with van der Waals surface area (Å²) in [5.74, 6) is 1.40. The van der Waals surface area contributed by atoms with Crippen LogP contribution in [0.1, 0.15) is 0 Å². The van der Waals surface area contributed by atoms with Gasteiger partial charge in [-0.3, -0.25) is 4.57 Å². The first-order valence-electron chi connectivity index (χ1n) is 17.0. The molecule has 3 heterocycles. The maximum atomic E-state index is 7.17. The molecule has 0 amide bonds. The molecule has 0 saturated heterocycles. The van der Waals surface area contributed by atoms with E-state index in [4.69, 9.17) is 21.6 Å². The Bertz CT molecular complexity index is 2830. The van der Waals surface area contributed by atoms with Gasteiger partial charge in [0.05, 0.1) is 39.0 Å². The molecule has 240 valence electrons. The van der Waals surface area contributed by atoms with Crippen LogP contribution in [-0.4, -0.2) is 19.1 Å². The van der Waals surface area contributed by atoms with E-state index in [1.54, 1.807) is 0 Å². The van der Waals surface area contributed by atoms with Crippen molar-refractivity contribution in [3.8, 4) is 45.3 Å². The lowest BCUT2D eigenvalue weighted by atomic mass is 9.97. The Labute approximate surface area is 299 Å². The summed E-state index contributed by atoms with van der Waals surface area (Å²) in [6.07, 6.45) is 0. The Hall–Kier alpha value is -6.49. The minimum atomic E-state index is 0.631. The van der Waals surface area contributed by atoms with Crippen molar-refractivity contribution in [2.45, 2.75) is 0 Å². The second kappa shape index (κ2) is 11.8. The summed E-state index contributed by atoms with van der Waals surface area (Å²) >= 11 is 7.17. The summed E-state index contributed by atoms with van der Waals surface area (Å²) in [6, 6.07) is 61.1. The minimum Gasteiger partial charge on any atom is -0.309 e. The first-order chi connectivity index (χ1) is 25.3. The predicted octanol–water partition coefficient (Wildman–Crippen LogP) is 12.3. The number of halogens is 1. The number of aromatic nitrogens is 4. The summed E-state index contributed by atoms with van der Waals surface area (Å²) in [5, 5.41) is 5.35. The van der Waals surface area contributed by atoms with E-state index in [0.29, 0.717) is 10.8 Å². The average Bonchev–Trinajstić information content (AvgIpc) is 3.71. The van der Waals surface area contributed by atoms with Gasteiger partial charge in [0.15, 0.2) is 5.82 Å². The summed E-state index contributed by atoms with van der Waals surface area (Å²) in [6.45, 7) is 0. The Morgan fingerprint density at radius 2 is 0.843 bits per heavy atom. The topological polar surface area (TPSA) is 35.6 Å². The van der Waals surface area contributed by atoms with E-state index in [9.17, 15) is 0 Å². The third-order valence-corrected chi connectivity index (χ3v) is 10.2. The number of hydrogen-bond acceptors (Lipinski definition) is 2. The SMILES string of the molecule is Clc1ccccc1-c1c(-c2ccccc2-n2c3ccccc3c3ccccc32)nc(-c2ccccc2)nc1-n1c2ccccc2c2ccccc21. The normalized spacial score (nSPS) is 11.6. The molecule has 0 radical (unpaired) electrons. The molecule has 4 nitrogen and oxygen atoms in total. The highest BCUT2D eigenvalue weighted by atomic mass is 35.5. The Morgan fingerprint density at radius 3 is 1.41 bits per heavy atom. The van der Waals surface area contributed by atoms with E-state index < -0.39 is 0 Å². The van der Waals surface area contributed by atoms with Crippen molar-refractivity contribution in [3.63, 3.8) is 0 Å². The molecule has 0 saturated carbocycles. The highest BCUT2D eigenvalue weighted by molar-refractivity contribution is 6.33. The van der Waals surface area contributed by atoms with E-state index in [2.05, 4.69) is 149 Å². The Balaban J connectivity index is 1.40. The van der Waals surface area contributed by atoms with Crippen molar-refractivity contribution < 1.29 is 0 Å². The quantitative estimate of drug-likeness (QED) is 0.182. The summed E-state index contributed by atoms with van der Waals surface area (Å²) in [4.78, 5) is 11.0. The fourth-order valence-corrected chi connectivity index (χ4v) is 7.87. The predicted molar refractivity (Wildman–Crippen MR) is 212 cm³/mol. The first-order valence-corrected chi connectivity index (χ1v) is 17.4. The minimum absolute atomic E-state index is 0.631. The van der Waals surface area contributed by atoms with E-state index in [1.165, 1.54) is 10.8 Å². The molecule has 0 fully saturated rings. The highest BCUT2D eigenvalue weighted by Gasteiger charge is 2.26. The molecule has 51 heavy (non-hydrogen) atoms. The van der Waals surface area contributed by atoms with Gasteiger partial charge in [-0.05, 0) is 36.4 Å². The highest BCUT2D eigenvalue weighted by Crippen LogP contribution is 2.45. The molecular weight excluding hydrogens is 644 g/mol. The van der Waals surface area contributed by atoms with Crippen LogP contribution in [0.5, 0.6) is 0 Å². The van der Waals surface area contributed by atoms with E-state index in [-0.39, 0.29) is 0 Å². The van der Waals surface area contributed by atoms with Crippen molar-refractivity contribution in [3.05, 3.63) is 181 Å². The van der Waals surface area contributed by atoms with Crippen LogP contribution in [0.2, 0.25) is 5.02 Å². The molecule has 0 unspecified atom stereocenters. The van der Waals surface area contributed by atoms with Gasteiger partial charge in [-0.25, -0.2) is 9.97 Å². The molecule has 5 heteroatoms. The molecule has 0 spiro atoms. The molecule has 0 atom stereocenters. The van der Waals surface area contributed by atoms with Crippen molar-refractivity contribution in [1.82, 2.24) is 19.1 Å². The third-order valence-electron chi connectivity index (χ3n) is 9.84. The molecule has 0 N–H and O–H groups in total. The first kappa shape index (κ1) is 29.4. The van der Waals surface area contributed by atoms with Crippen LogP contribution >= 0.6 is 11.6 Å². The second-order valence-electron chi connectivity index (χ2n) is 12.7. The lowest BCUT2D eigenvalue weighted by molar-refractivity contribution is 1.05. The van der Waals surface area contributed by atoms with Gasteiger partial charge in [0.2, 0.25) is 0 Å². The third kappa shape index (κ3) is 4.61. The largest absolute Gasteiger partial charge is 0.309 e. The van der Waals surface area contributed by atoms with Gasteiger partial charge in [0.25, 0.3) is 0 Å². The number of rotatable bonds is 5. The van der Waals surface area contributed by atoms with Gasteiger partial charge in [-0.2, -0.15) is 0 Å². The molecule has 0 aliphatic rings. The number of benzene rings is 7. The van der Waals surface area contributed by atoms with Crippen LogP contribution < -0.4 is 0 Å². The smallest absolute Gasteiger partial charge is 0.162 e. The number of hydrogen-bond donors (Lipinski definition) is 0. The number of fused-ring (bicyclic) bond motifs is 6. The van der Waals surface area contributed by atoms with E-state index in [0.717, 1.165) is 72.3 Å². The van der Waals surface area contributed by atoms with Gasteiger partial charge in [0.1, 0.15) is 5.82 Å². The number of nitrogens with zero attached hydrogens (tertiary/aromatic N) is 4. The fourth-order valence-electron chi connectivity index (χ4n) is 7.64. The molecule has 7 aromatic carbocycles. The zero-order chi connectivity index (χ0) is 33.9. The lowest BCUT2D eigenvalue weighted by Crippen LogP contribution is -2.08. The van der Waals surface area contributed by atoms with Gasteiger partial charge >= 0.3 is 0 Å². The molecule has 0 aliphatic heterocycles. The summed E-state index contributed by atoms with van der Waals surface area (Å²) in [7, 11) is 0. The summed E-state index contributed by atoms with van der Waals surface area (Å²) in [5.41, 5.74) is 9.83. The average molecular weight is 673 g/mol. The lowest BCUT2D eigenvalue weighted by Gasteiger charge is -2.21. The van der Waals surface area contributed by atoms with Crippen molar-refractivity contribution in [1.29, 1.82) is 0 Å². The molecule has 3 aromatic heterocycles. The monoisotopic (exact) mass is 672 g/mol. The molecular formula is C46H29ClN4. The second-order valence-corrected chi connectivity index (χ2v) is 13.1. The van der Waals surface area contributed by atoms with Crippen molar-refractivity contribution in [2.24, 2.45) is 0 Å². The Kier molecular flexibility index (Phi) is 6.83. The fraction of sp³-hybridized carbons (Fsp3) is 0. The standard InChI is InChI=1S/C46H29ClN4/c47-37-24-10-4-22-35(37)43-44(36-23-9-15-29-42(36)50-38-25-11-5-18-31(38)32-19-6-12-26-39(32)50)48-45(30-16-2-1-3-17-30)49-46(43)51-40-27-13-7-20-33(40)34-21-8-14-28-41(34)51/h1-29H. The van der Waals surface area contributed by atoms with Gasteiger partial charge < -0.3 is 4.57 Å². The van der Waals surface area contributed by atoms with Crippen LogP contribution in [0.25, 0.3) is 88.9 Å². The van der Waals surface area contributed by atoms with Crippen LogP contribution in [0.3, 0.4) is 0 Å². The van der Waals surface area contributed by atoms with Crippen molar-refractivity contribution in [2.75, 3.05) is 0 Å². The van der Waals surface area contributed by atoms with E-state index in [1.807, 2.05) is 36.4 Å². The van der Waals surface area contributed by atoms with Gasteiger partial charge in [0, 0.05) is 43.3 Å². The molecule has 0 aliphatic carbocycles. The zero-order valence-electron chi connectivity index (χ0n) is 27.4. The van der Waals surface area contributed by atoms with Crippen LogP contribution in [0.15, 0.2) is 176 Å². The molecule has 10 rings (SSSR count).